The number of hydrogen-bond donors (Lipinski definition) is 0. The second-order valence-electron chi connectivity index (χ2n) is 4.38. The summed E-state index contributed by atoms with van der Waals surface area (Å²) in [4.78, 5) is 31.1. The van der Waals surface area contributed by atoms with Gasteiger partial charge in [0.15, 0.2) is 0 Å². The molecule has 0 aromatic carbocycles. The van der Waals surface area contributed by atoms with Crippen molar-refractivity contribution in [2.45, 2.75) is 13.3 Å². The number of rotatable bonds is 5. The smallest absolute Gasteiger partial charge is 0.272 e. The standard InChI is InChI=1S/C13H18BrN3O2/c1-4-7-17(9-12(18)16(2)3)13(19)11-6-5-10(14)8-15-11/h5-6,8H,4,7,9H2,1-3H3. The Balaban J connectivity index is 2.83. The van der Waals surface area contributed by atoms with Gasteiger partial charge in [0.1, 0.15) is 12.2 Å². The molecule has 1 aromatic heterocycles. The summed E-state index contributed by atoms with van der Waals surface area (Å²) in [5.74, 6) is -0.316. The summed E-state index contributed by atoms with van der Waals surface area (Å²) in [6, 6.07) is 3.41. The average Bonchev–Trinajstić information content (AvgIpc) is 2.38. The van der Waals surface area contributed by atoms with Crippen molar-refractivity contribution in [3.8, 4) is 0 Å². The predicted molar refractivity (Wildman–Crippen MR) is 76.8 cm³/mol. The molecule has 0 unspecified atom stereocenters. The molecule has 0 saturated carbocycles. The Hall–Kier alpha value is -1.43. The van der Waals surface area contributed by atoms with Crippen LogP contribution < -0.4 is 0 Å². The summed E-state index contributed by atoms with van der Waals surface area (Å²) in [6.07, 6.45) is 2.37. The van der Waals surface area contributed by atoms with Gasteiger partial charge in [-0.3, -0.25) is 9.59 Å². The molecule has 0 saturated heterocycles. The van der Waals surface area contributed by atoms with Crippen LogP contribution in [0.15, 0.2) is 22.8 Å². The third-order valence-electron chi connectivity index (χ3n) is 2.55. The highest BCUT2D eigenvalue weighted by Gasteiger charge is 2.19. The summed E-state index contributed by atoms with van der Waals surface area (Å²) in [5, 5.41) is 0. The number of amides is 2. The third-order valence-corrected chi connectivity index (χ3v) is 3.02. The first-order valence-corrected chi connectivity index (χ1v) is 6.86. The fourth-order valence-electron chi connectivity index (χ4n) is 1.49. The monoisotopic (exact) mass is 327 g/mol. The van der Waals surface area contributed by atoms with Gasteiger partial charge in [0.25, 0.3) is 5.91 Å². The van der Waals surface area contributed by atoms with Crippen LogP contribution in [-0.4, -0.2) is 53.8 Å². The number of aromatic nitrogens is 1. The van der Waals surface area contributed by atoms with Crippen molar-refractivity contribution in [1.82, 2.24) is 14.8 Å². The van der Waals surface area contributed by atoms with Crippen molar-refractivity contribution in [2.24, 2.45) is 0 Å². The van der Waals surface area contributed by atoms with Gasteiger partial charge in [0, 0.05) is 31.3 Å². The minimum absolute atomic E-state index is 0.0808. The van der Waals surface area contributed by atoms with E-state index in [0.717, 1.165) is 10.9 Å². The maximum atomic E-state index is 12.3. The Morgan fingerprint density at radius 3 is 2.47 bits per heavy atom. The van der Waals surface area contributed by atoms with E-state index >= 15 is 0 Å². The zero-order valence-electron chi connectivity index (χ0n) is 11.4. The lowest BCUT2D eigenvalue weighted by molar-refractivity contribution is -0.129. The molecular weight excluding hydrogens is 310 g/mol. The lowest BCUT2D eigenvalue weighted by Crippen LogP contribution is -2.41. The van der Waals surface area contributed by atoms with Crippen molar-refractivity contribution in [2.75, 3.05) is 27.2 Å². The summed E-state index contributed by atoms with van der Waals surface area (Å²) in [7, 11) is 3.35. The summed E-state index contributed by atoms with van der Waals surface area (Å²) in [6.45, 7) is 2.59. The second kappa shape index (κ2) is 7.23. The molecule has 104 valence electrons. The lowest BCUT2D eigenvalue weighted by atomic mass is 10.3. The van der Waals surface area contributed by atoms with Gasteiger partial charge >= 0.3 is 0 Å². The normalized spacial score (nSPS) is 10.1. The maximum Gasteiger partial charge on any atom is 0.272 e. The summed E-state index contributed by atoms with van der Waals surface area (Å²) < 4.78 is 0.815. The zero-order valence-corrected chi connectivity index (χ0v) is 13.0. The Kier molecular flexibility index (Phi) is 5.95. The van der Waals surface area contributed by atoms with Crippen LogP contribution >= 0.6 is 15.9 Å². The molecule has 0 radical (unpaired) electrons. The van der Waals surface area contributed by atoms with Crippen molar-refractivity contribution >= 4 is 27.7 Å². The first-order valence-electron chi connectivity index (χ1n) is 6.06. The minimum atomic E-state index is -0.218. The number of hydrogen-bond acceptors (Lipinski definition) is 3. The highest BCUT2D eigenvalue weighted by atomic mass is 79.9. The molecule has 0 fully saturated rings. The average molecular weight is 328 g/mol. The molecule has 0 atom stereocenters. The molecule has 1 heterocycles. The lowest BCUT2D eigenvalue weighted by Gasteiger charge is -2.23. The molecule has 0 aliphatic rings. The Morgan fingerprint density at radius 2 is 2.00 bits per heavy atom. The van der Waals surface area contributed by atoms with E-state index in [4.69, 9.17) is 0 Å². The van der Waals surface area contributed by atoms with Gasteiger partial charge in [-0.05, 0) is 34.5 Å². The van der Waals surface area contributed by atoms with E-state index < -0.39 is 0 Å². The fourth-order valence-corrected chi connectivity index (χ4v) is 1.73. The fraction of sp³-hybridized carbons (Fsp3) is 0.462. The van der Waals surface area contributed by atoms with E-state index in [0.29, 0.717) is 12.2 Å². The highest BCUT2D eigenvalue weighted by molar-refractivity contribution is 9.10. The predicted octanol–water partition coefficient (Wildman–Crippen LogP) is 1.78. The topological polar surface area (TPSA) is 53.5 Å². The molecule has 1 aromatic rings. The van der Waals surface area contributed by atoms with Crippen molar-refractivity contribution in [3.63, 3.8) is 0 Å². The molecule has 0 spiro atoms. The SMILES string of the molecule is CCCN(CC(=O)N(C)C)C(=O)c1ccc(Br)cn1. The van der Waals surface area contributed by atoms with Crippen LogP contribution in [0.4, 0.5) is 0 Å². The first kappa shape index (κ1) is 15.6. The van der Waals surface area contributed by atoms with Crippen LogP contribution in [0.5, 0.6) is 0 Å². The number of nitrogens with zero attached hydrogens (tertiary/aromatic N) is 3. The van der Waals surface area contributed by atoms with Crippen molar-refractivity contribution in [3.05, 3.63) is 28.5 Å². The van der Waals surface area contributed by atoms with Gasteiger partial charge in [0.2, 0.25) is 5.91 Å². The van der Waals surface area contributed by atoms with Crippen LogP contribution in [0.2, 0.25) is 0 Å². The quantitative estimate of drug-likeness (QED) is 0.828. The number of carbonyl (C=O) groups is 2. The largest absolute Gasteiger partial charge is 0.347 e. The summed E-state index contributed by atoms with van der Waals surface area (Å²) in [5.41, 5.74) is 0.350. The molecule has 0 aliphatic carbocycles. The molecule has 6 heteroatoms. The van der Waals surface area contributed by atoms with Gasteiger partial charge in [-0.15, -0.1) is 0 Å². The minimum Gasteiger partial charge on any atom is -0.347 e. The van der Waals surface area contributed by atoms with Crippen molar-refractivity contribution < 1.29 is 9.59 Å². The molecular formula is C13H18BrN3O2. The van der Waals surface area contributed by atoms with Crippen LogP contribution in [0, 0.1) is 0 Å². The molecule has 1 rings (SSSR count). The molecule has 0 N–H and O–H groups in total. The first-order chi connectivity index (χ1) is 8.95. The number of halogens is 1. The second-order valence-corrected chi connectivity index (χ2v) is 5.29. The van der Waals surface area contributed by atoms with Crippen LogP contribution in [0.3, 0.4) is 0 Å². The van der Waals surface area contributed by atoms with Crippen molar-refractivity contribution in [1.29, 1.82) is 0 Å². The third kappa shape index (κ3) is 4.63. The van der Waals surface area contributed by atoms with E-state index in [-0.39, 0.29) is 18.4 Å². The Bertz CT molecular complexity index is 446. The molecule has 2 amide bonds. The Morgan fingerprint density at radius 1 is 1.32 bits per heavy atom. The van der Waals surface area contributed by atoms with E-state index in [1.54, 1.807) is 32.4 Å². The summed E-state index contributed by atoms with van der Waals surface area (Å²) >= 11 is 3.27. The maximum absolute atomic E-state index is 12.3. The number of pyridine rings is 1. The highest BCUT2D eigenvalue weighted by Crippen LogP contribution is 2.09. The Labute approximate surface area is 121 Å². The molecule has 0 aliphatic heterocycles. The van der Waals surface area contributed by atoms with Crippen LogP contribution in [-0.2, 0) is 4.79 Å². The van der Waals surface area contributed by atoms with Crippen LogP contribution in [0.1, 0.15) is 23.8 Å². The van der Waals surface area contributed by atoms with E-state index in [9.17, 15) is 9.59 Å². The molecule has 0 bridgehead atoms. The van der Waals surface area contributed by atoms with E-state index in [2.05, 4.69) is 20.9 Å². The number of carbonyl (C=O) groups excluding carboxylic acids is 2. The van der Waals surface area contributed by atoms with Crippen LogP contribution in [0.25, 0.3) is 0 Å². The van der Waals surface area contributed by atoms with Gasteiger partial charge < -0.3 is 9.80 Å². The van der Waals surface area contributed by atoms with E-state index in [1.807, 2.05) is 6.92 Å². The van der Waals surface area contributed by atoms with Gasteiger partial charge in [-0.1, -0.05) is 6.92 Å². The number of likely N-dealkylation sites (N-methyl/N-ethyl adjacent to an activating group) is 1. The molecule has 19 heavy (non-hydrogen) atoms. The van der Waals surface area contributed by atoms with Gasteiger partial charge in [-0.2, -0.15) is 0 Å². The van der Waals surface area contributed by atoms with E-state index in [1.165, 1.54) is 9.80 Å². The van der Waals surface area contributed by atoms with Gasteiger partial charge in [0.05, 0.1) is 0 Å². The molecule has 5 nitrogen and oxygen atoms in total. The zero-order chi connectivity index (χ0) is 14.4. The van der Waals surface area contributed by atoms with Gasteiger partial charge in [-0.25, -0.2) is 4.98 Å².